The minimum atomic E-state index is -0.926. The third-order valence-corrected chi connectivity index (χ3v) is 3.16. The summed E-state index contributed by atoms with van der Waals surface area (Å²) in [5, 5.41) is 20.7. The first-order valence-electron chi connectivity index (χ1n) is 5.54. The summed E-state index contributed by atoms with van der Waals surface area (Å²) >= 11 is 0. The van der Waals surface area contributed by atoms with Gasteiger partial charge in [-0.2, -0.15) is 0 Å². The van der Waals surface area contributed by atoms with Gasteiger partial charge in [0.2, 0.25) is 0 Å². The number of nitrogens with zero attached hydrogens (tertiary/aromatic N) is 1. The van der Waals surface area contributed by atoms with E-state index in [0.717, 1.165) is 6.42 Å². The molecule has 0 saturated heterocycles. The van der Waals surface area contributed by atoms with E-state index < -0.39 is 16.9 Å². The highest BCUT2D eigenvalue weighted by molar-refractivity contribution is 5.83. The zero-order valence-electron chi connectivity index (χ0n) is 9.20. The second-order valence-corrected chi connectivity index (χ2v) is 4.26. The summed E-state index contributed by atoms with van der Waals surface area (Å²) in [5.41, 5.74) is 0.381. The highest BCUT2D eigenvalue weighted by atomic mass is 16.6. The minimum Gasteiger partial charge on any atom is -0.388 e. The molecule has 0 bridgehead atoms. The first-order chi connectivity index (χ1) is 8.09. The maximum atomic E-state index is 11.5. The van der Waals surface area contributed by atoms with Gasteiger partial charge in [0.15, 0.2) is 0 Å². The summed E-state index contributed by atoms with van der Waals surface area (Å²) in [5.74, 6) is -0.360. The molecular formula is C12H13NO4. The Labute approximate surface area is 98.2 Å². The Morgan fingerprint density at radius 1 is 1.47 bits per heavy atom. The van der Waals surface area contributed by atoms with E-state index in [0.29, 0.717) is 18.4 Å². The highest BCUT2D eigenvalue weighted by Crippen LogP contribution is 2.34. The molecule has 1 fully saturated rings. The second-order valence-electron chi connectivity index (χ2n) is 4.26. The van der Waals surface area contributed by atoms with E-state index in [1.165, 1.54) is 18.2 Å². The molecule has 1 aromatic carbocycles. The maximum Gasteiger partial charge on any atom is 0.269 e. The van der Waals surface area contributed by atoms with Crippen molar-refractivity contribution >= 4 is 11.5 Å². The van der Waals surface area contributed by atoms with Crippen molar-refractivity contribution in [2.75, 3.05) is 0 Å². The fourth-order valence-corrected chi connectivity index (χ4v) is 2.23. The summed E-state index contributed by atoms with van der Waals surface area (Å²) in [6.45, 7) is 0. The van der Waals surface area contributed by atoms with Crippen molar-refractivity contribution in [1.82, 2.24) is 0 Å². The highest BCUT2D eigenvalue weighted by Gasteiger charge is 2.32. The molecule has 1 saturated carbocycles. The molecule has 17 heavy (non-hydrogen) atoms. The largest absolute Gasteiger partial charge is 0.388 e. The van der Waals surface area contributed by atoms with Crippen LogP contribution in [0.3, 0.4) is 0 Å². The van der Waals surface area contributed by atoms with E-state index in [9.17, 15) is 20.0 Å². The van der Waals surface area contributed by atoms with Crippen LogP contribution in [-0.2, 0) is 4.79 Å². The number of carbonyl (C=O) groups is 1. The standard InChI is InChI=1S/C12H13NO4/c14-11-6-2-5-10(11)12(15)8-3-1-4-9(7-8)13(16)17/h1,3-4,7,10,12,15H,2,5-6H2/t10-,12-/m1/s1. The SMILES string of the molecule is O=C1CCC[C@H]1[C@H](O)c1cccc([N+](=O)[O-])c1. The number of nitro groups is 1. The fourth-order valence-electron chi connectivity index (χ4n) is 2.23. The van der Waals surface area contributed by atoms with Crippen molar-refractivity contribution < 1.29 is 14.8 Å². The Morgan fingerprint density at radius 3 is 2.82 bits per heavy atom. The topological polar surface area (TPSA) is 80.4 Å². The molecule has 1 aliphatic rings. The monoisotopic (exact) mass is 235 g/mol. The number of non-ortho nitro benzene ring substituents is 1. The molecule has 0 heterocycles. The number of Topliss-reactive ketones (excluding diaryl/α,β-unsaturated/α-hetero) is 1. The predicted octanol–water partition coefficient (Wildman–Crippen LogP) is 2.00. The number of hydrogen-bond donors (Lipinski definition) is 1. The van der Waals surface area contributed by atoms with Crippen LogP contribution in [0.1, 0.15) is 30.9 Å². The van der Waals surface area contributed by atoms with E-state index in [1.807, 2.05) is 0 Å². The average Bonchev–Trinajstić information content (AvgIpc) is 2.74. The molecule has 2 atom stereocenters. The Balaban J connectivity index is 2.24. The lowest BCUT2D eigenvalue weighted by atomic mass is 9.93. The predicted molar refractivity (Wildman–Crippen MR) is 60.4 cm³/mol. The molecular weight excluding hydrogens is 222 g/mol. The Morgan fingerprint density at radius 2 is 2.24 bits per heavy atom. The molecule has 5 heteroatoms. The van der Waals surface area contributed by atoms with Gasteiger partial charge in [0.1, 0.15) is 5.78 Å². The van der Waals surface area contributed by atoms with E-state index in [1.54, 1.807) is 6.07 Å². The summed E-state index contributed by atoms with van der Waals surface area (Å²) < 4.78 is 0. The summed E-state index contributed by atoms with van der Waals surface area (Å²) in [6, 6.07) is 5.84. The van der Waals surface area contributed by atoms with Crippen LogP contribution in [0.5, 0.6) is 0 Å². The number of ketones is 1. The van der Waals surface area contributed by atoms with Crippen molar-refractivity contribution in [3.05, 3.63) is 39.9 Å². The van der Waals surface area contributed by atoms with E-state index in [-0.39, 0.29) is 11.5 Å². The fraction of sp³-hybridized carbons (Fsp3) is 0.417. The van der Waals surface area contributed by atoms with Crippen LogP contribution in [-0.4, -0.2) is 15.8 Å². The number of nitro benzene ring substituents is 1. The van der Waals surface area contributed by atoms with Gasteiger partial charge in [-0.25, -0.2) is 0 Å². The minimum absolute atomic E-state index is 0.0454. The van der Waals surface area contributed by atoms with Crippen LogP contribution < -0.4 is 0 Å². The molecule has 2 rings (SSSR count). The van der Waals surface area contributed by atoms with Gasteiger partial charge < -0.3 is 5.11 Å². The quantitative estimate of drug-likeness (QED) is 0.641. The number of aliphatic hydroxyl groups is 1. The maximum absolute atomic E-state index is 11.5. The van der Waals surface area contributed by atoms with Gasteiger partial charge >= 0.3 is 0 Å². The van der Waals surface area contributed by atoms with Crippen molar-refractivity contribution in [3.8, 4) is 0 Å². The number of carbonyl (C=O) groups excluding carboxylic acids is 1. The zero-order valence-corrected chi connectivity index (χ0v) is 9.20. The van der Waals surface area contributed by atoms with Crippen molar-refractivity contribution in [3.63, 3.8) is 0 Å². The number of aliphatic hydroxyl groups excluding tert-OH is 1. The van der Waals surface area contributed by atoms with Crippen LogP contribution >= 0.6 is 0 Å². The normalized spacial score (nSPS) is 21.5. The lowest BCUT2D eigenvalue weighted by molar-refractivity contribution is -0.385. The molecule has 5 nitrogen and oxygen atoms in total. The molecule has 0 spiro atoms. The molecule has 1 aromatic rings. The summed E-state index contributed by atoms with van der Waals surface area (Å²) in [4.78, 5) is 21.6. The Hall–Kier alpha value is -1.75. The van der Waals surface area contributed by atoms with Crippen molar-refractivity contribution in [1.29, 1.82) is 0 Å². The van der Waals surface area contributed by atoms with E-state index in [4.69, 9.17) is 0 Å². The van der Waals surface area contributed by atoms with Gasteiger partial charge in [0, 0.05) is 24.5 Å². The molecule has 1 N–H and O–H groups in total. The number of hydrogen-bond acceptors (Lipinski definition) is 4. The van der Waals surface area contributed by atoms with Crippen LogP contribution in [0, 0.1) is 16.0 Å². The van der Waals surface area contributed by atoms with Crippen LogP contribution in [0.15, 0.2) is 24.3 Å². The van der Waals surface area contributed by atoms with Crippen molar-refractivity contribution in [2.24, 2.45) is 5.92 Å². The first kappa shape index (κ1) is 11.7. The molecule has 0 aromatic heterocycles. The third-order valence-electron chi connectivity index (χ3n) is 3.16. The van der Waals surface area contributed by atoms with Crippen LogP contribution in [0.4, 0.5) is 5.69 Å². The number of rotatable bonds is 3. The lowest BCUT2D eigenvalue weighted by Crippen LogP contribution is -2.16. The van der Waals surface area contributed by atoms with Gasteiger partial charge in [-0.3, -0.25) is 14.9 Å². The summed E-state index contributed by atoms with van der Waals surface area (Å²) in [7, 11) is 0. The third kappa shape index (κ3) is 2.34. The zero-order chi connectivity index (χ0) is 12.4. The smallest absolute Gasteiger partial charge is 0.269 e. The lowest BCUT2D eigenvalue weighted by Gasteiger charge is -2.16. The molecule has 0 unspecified atom stereocenters. The Kier molecular flexibility index (Phi) is 3.19. The molecule has 90 valence electrons. The molecule has 1 aliphatic carbocycles. The van der Waals surface area contributed by atoms with Crippen LogP contribution in [0.2, 0.25) is 0 Å². The second kappa shape index (κ2) is 4.63. The van der Waals surface area contributed by atoms with E-state index in [2.05, 4.69) is 0 Å². The molecule has 0 radical (unpaired) electrons. The first-order valence-corrected chi connectivity index (χ1v) is 5.54. The van der Waals surface area contributed by atoms with Gasteiger partial charge in [-0.15, -0.1) is 0 Å². The Bertz CT molecular complexity index is 458. The summed E-state index contributed by atoms with van der Waals surface area (Å²) in [6.07, 6.45) is 1.01. The molecule has 0 aliphatic heterocycles. The van der Waals surface area contributed by atoms with Gasteiger partial charge in [-0.1, -0.05) is 12.1 Å². The van der Waals surface area contributed by atoms with E-state index >= 15 is 0 Å². The van der Waals surface area contributed by atoms with Gasteiger partial charge in [0.05, 0.1) is 11.0 Å². The van der Waals surface area contributed by atoms with Gasteiger partial charge in [0.25, 0.3) is 5.69 Å². The van der Waals surface area contributed by atoms with Gasteiger partial charge in [-0.05, 0) is 18.4 Å². The average molecular weight is 235 g/mol. The van der Waals surface area contributed by atoms with Crippen LogP contribution in [0.25, 0.3) is 0 Å². The molecule has 0 amide bonds. The van der Waals surface area contributed by atoms with Crippen molar-refractivity contribution in [2.45, 2.75) is 25.4 Å². The number of benzene rings is 1.